The van der Waals surface area contributed by atoms with Gasteiger partial charge in [0.25, 0.3) is 0 Å². The quantitative estimate of drug-likeness (QED) is 0.488. The summed E-state index contributed by atoms with van der Waals surface area (Å²) in [5, 5.41) is 5.68. The zero-order valence-corrected chi connectivity index (χ0v) is 19.7. The van der Waals surface area contributed by atoms with Gasteiger partial charge in [-0.05, 0) is 23.8 Å². The average molecular weight is 478 g/mol. The highest BCUT2D eigenvalue weighted by Gasteiger charge is 2.25. The standard InChI is InChI=1S/C22H24ClN3O3S2/c1-3-26(4-2)31(28,29)20-13-17(10-11-19(20)23)24-21(27)14-18-15-30-22(25-18)12-16-8-6-5-7-9-16/h5-11,13,15H,3-4,12,14H2,1-2H3,(H,24,27). The van der Waals surface area contributed by atoms with E-state index in [0.717, 1.165) is 17.0 Å². The van der Waals surface area contributed by atoms with E-state index < -0.39 is 10.0 Å². The number of nitrogens with zero attached hydrogens (tertiary/aromatic N) is 2. The number of hydrogen-bond acceptors (Lipinski definition) is 5. The fourth-order valence-electron chi connectivity index (χ4n) is 3.13. The van der Waals surface area contributed by atoms with Crippen LogP contribution in [0.5, 0.6) is 0 Å². The van der Waals surface area contributed by atoms with Crippen molar-refractivity contribution in [2.24, 2.45) is 0 Å². The minimum Gasteiger partial charge on any atom is -0.326 e. The molecule has 3 aromatic rings. The summed E-state index contributed by atoms with van der Waals surface area (Å²) < 4.78 is 27.0. The average Bonchev–Trinajstić information content (AvgIpc) is 3.17. The number of sulfonamides is 1. The molecule has 1 N–H and O–H groups in total. The van der Waals surface area contributed by atoms with Crippen LogP contribution in [0.3, 0.4) is 0 Å². The van der Waals surface area contributed by atoms with Crippen LogP contribution in [0.2, 0.25) is 5.02 Å². The highest BCUT2D eigenvalue weighted by molar-refractivity contribution is 7.89. The van der Waals surface area contributed by atoms with Gasteiger partial charge in [-0.1, -0.05) is 55.8 Å². The van der Waals surface area contributed by atoms with Crippen LogP contribution >= 0.6 is 22.9 Å². The van der Waals surface area contributed by atoms with E-state index in [4.69, 9.17) is 11.6 Å². The van der Waals surface area contributed by atoms with E-state index in [2.05, 4.69) is 10.3 Å². The van der Waals surface area contributed by atoms with Gasteiger partial charge in [-0.2, -0.15) is 4.31 Å². The molecule has 0 bridgehead atoms. The van der Waals surface area contributed by atoms with Gasteiger partial charge in [0.1, 0.15) is 4.90 Å². The van der Waals surface area contributed by atoms with Gasteiger partial charge in [0.15, 0.2) is 0 Å². The zero-order chi connectivity index (χ0) is 22.4. The fourth-order valence-corrected chi connectivity index (χ4v) is 5.92. The Morgan fingerprint density at radius 2 is 1.84 bits per heavy atom. The molecule has 1 amide bonds. The van der Waals surface area contributed by atoms with Crippen LogP contribution in [-0.2, 0) is 27.7 Å². The lowest BCUT2D eigenvalue weighted by Crippen LogP contribution is -2.31. The van der Waals surface area contributed by atoms with Crippen LogP contribution in [0.4, 0.5) is 5.69 Å². The van der Waals surface area contributed by atoms with Crippen molar-refractivity contribution in [2.75, 3.05) is 18.4 Å². The number of thiazole rings is 1. The smallest absolute Gasteiger partial charge is 0.244 e. The Morgan fingerprint density at radius 1 is 1.13 bits per heavy atom. The molecule has 31 heavy (non-hydrogen) atoms. The molecule has 3 rings (SSSR count). The maximum atomic E-state index is 12.8. The molecule has 0 unspecified atom stereocenters. The van der Waals surface area contributed by atoms with Gasteiger partial charge >= 0.3 is 0 Å². The van der Waals surface area contributed by atoms with Crippen LogP contribution in [0.1, 0.15) is 30.1 Å². The molecule has 0 aliphatic carbocycles. The number of rotatable bonds is 9. The van der Waals surface area contributed by atoms with Crippen molar-refractivity contribution in [3.8, 4) is 0 Å². The first-order valence-corrected chi connectivity index (χ1v) is 12.6. The van der Waals surface area contributed by atoms with Crippen molar-refractivity contribution in [3.63, 3.8) is 0 Å². The van der Waals surface area contributed by atoms with E-state index >= 15 is 0 Å². The normalized spacial score (nSPS) is 11.6. The third kappa shape index (κ3) is 5.92. The SMILES string of the molecule is CCN(CC)S(=O)(=O)c1cc(NC(=O)Cc2csc(Cc3ccccc3)n2)ccc1Cl. The summed E-state index contributed by atoms with van der Waals surface area (Å²) in [6.07, 6.45) is 0.822. The molecule has 164 valence electrons. The van der Waals surface area contributed by atoms with Crippen molar-refractivity contribution < 1.29 is 13.2 Å². The van der Waals surface area contributed by atoms with E-state index in [1.165, 1.54) is 27.8 Å². The number of aromatic nitrogens is 1. The minimum atomic E-state index is -3.74. The molecule has 6 nitrogen and oxygen atoms in total. The molecular formula is C22H24ClN3O3S2. The number of carbonyl (C=O) groups is 1. The first-order valence-electron chi connectivity index (χ1n) is 9.90. The molecule has 0 fully saturated rings. The second-order valence-corrected chi connectivity index (χ2v) is 10.1. The van der Waals surface area contributed by atoms with Crippen LogP contribution in [0.25, 0.3) is 0 Å². The maximum absolute atomic E-state index is 12.8. The summed E-state index contributed by atoms with van der Waals surface area (Å²) >= 11 is 7.66. The molecule has 1 aromatic heterocycles. The second kappa shape index (κ2) is 10.4. The molecule has 0 aliphatic rings. The Labute approximate surface area is 191 Å². The van der Waals surface area contributed by atoms with Crippen LogP contribution in [0.15, 0.2) is 58.8 Å². The van der Waals surface area contributed by atoms with Gasteiger partial charge in [-0.3, -0.25) is 4.79 Å². The van der Waals surface area contributed by atoms with E-state index in [1.54, 1.807) is 19.9 Å². The van der Waals surface area contributed by atoms with E-state index in [9.17, 15) is 13.2 Å². The molecule has 0 radical (unpaired) electrons. The van der Waals surface area contributed by atoms with E-state index in [-0.39, 0.29) is 22.2 Å². The number of nitrogens with one attached hydrogen (secondary N) is 1. The van der Waals surface area contributed by atoms with E-state index in [1.807, 2.05) is 35.7 Å². The monoisotopic (exact) mass is 477 g/mol. The predicted octanol–water partition coefficient (Wildman–Crippen LogP) is 4.60. The van der Waals surface area contributed by atoms with Gasteiger partial charge in [0, 0.05) is 30.6 Å². The summed E-state index contributed by atoms with van der Waals surface area (Å²) in [4.78, 5) is 17.0. The summed E-state index contributed by atoms with van der Waals surface area (Å²) in [6, 6.07) is 14.5. The molecule has 0 spiro atoms. The Balaban J connectivity index is 1.69. The van der Waals surface area contributed by atoms with Gasteiger partial charge in [-0.25, -0.2) is 13.4 Å². The summed E-state index contributed by atoms with van der Waals surface area (Å²) in [7, 11) is -3.74. The van der Waals surface area contributed by atoms with Crippen LogP contribution < -0.4 is 5.32 Å². The predicted molar refractivity (Wildman–Crippen MR) is 125 cm³/mol. The molecular weight excluding hydrogens is 454 g/mol. The zero-order valence-electron chi connectivity index (χ0n) is 17.3. The lowest BCUT2D eigenvalue weighted by molar-refractivity contribution is -0.115. The van der Waals surface area contributed by atoms with Gasteiger partial charge < -0.3 is 5.32 Å². The third-order valence-electron chi connectivity index (χ3n) is 4.68. The molecule has 0 atom stereocenters. The summed E-state index contributed by atoms with van der Waals surface area (Å²) in [5.41, 5.74) is 2.22. The molecule has 1 heterocycles. The minimum absolute atomic E-state index is 0.0190. The molecule has 0 aliphatic heterocycles. The highest BCUT2D eigenvalue weighted by Crippen LogP contribution is 2.28. The van der Waals surface area contributed by atoms with Crippen LogP contribution in [0, 0.1) is 0 Å². The first-order chi connectivity index (χ1) is 14.8. The number of benzene rings is 2. The Bertz CT molecular complexity index is 1140. The fraction of sp³-hybridized carbons (Fsp3) is 0.273. The molecule has 2 aromatic carbocycles. The topological polar surface area (TPSA) is 79.4 Å². The lowest BCUT2D eigenvalue weighted by Gasteiger charge is -2.19. The van der Waals surface area contributed by atoms with Crippen molar-refractivity contribution in [1.82, 2.24) is 9.29 Å². The number of carbonyl (C=O) groups excluding carboxylic acids is 1. The van der Waals surface area contributed by atoms with Gasteiger partial charge in [0.2, 0.25) is 15.9 Å². The second-order valence-electron chi connectivity index (χ2n) is 6.85. The number of hydrogen-bond donors (Lipinski definition) is 1. The molecule has 9 heteroatoms. The van der Waals surface area contributed by atoms with E-state index in [0.29, 0.717) is 24.5 Å². The van der Waals surface area contributed by atoms with Crippen LogP contribution in [-0.4, -0.2) is 36.7 Å². The number of halogens is 1. The summed E-state index contributed by atoms with van der Waals surface area (Å²) in [6.45, 7) is 4.20. The molecule has 0 saturated carbocycles. The largest absolute Gasteiger partial charge is 0.326 e. The van der Waals surface area contributed by atoms with Crippen molar-refractivity contribution >= 4 is 44.6 Å². The number of amides is 1. The molecule has 0 saturated heterocycles. The van der Waals surface area contributed by atoms with Gasteiger partial charge in [0.05, 0.1) is 22.1 Å². The third-order valence-corrected chi connectivity index (χ3v) is 8.11. The summed E-state index contributed by atoms with van der Waals surface area (Å²) in [5.74, 6) is -0.273. The first kappa shape index (κ1) is 23.4. The Kier molecular flexibility index (Phi) is 7.83. The Morgan fingerprint density at radius 3 is 2.52 bits per heavy atom. The number of anilines is 1. The van der Waals surface area contributed by atoms with Gasteiger partial charge in [-0.15, -0.1) is 11.3 Å². The Hall–Kier alpha value is -2.26. The van der Waals surface area contributed by atoms with Crippen molar-refractivity contribution in [3.05, 3.63) is 75.2 Å². The van der Waals surface area contributed by atoms with Crippen molar-refractivity contribution in [2.45, 2.75) is 31.6 Å². The van der Waals surface area contributed by atoms with Crippen molar-refractivity contribution in [1.29, 1.82) is 0 Å². The highest BCUT2D eigenvalue weighted by atomic mass is 35.5. The lowest BCUT2D eigenvalue weighted by atomic mass is 10.2. The maximum Gasteiger partial charge on any atom is 0.244 e.